The van der Waals surface area contributed by atoms with Gasteiger partial charge in [-0.2, -0.15) is 0 Å². The maximum atomic E-state index is 6.17. The third kappa shape index (κ3) is 2.65. The number of nitrogens with two attached hydrogens (primary N) is 1. The smallest absolute Gasteiger partial charge is 0.108 e. The highest BCUT2D eigenvalue weighted by atomic mass is 79.9. The van der Waals surface area contributed by atoms with Gasteiger partial charge in [0, 0.05) is 29.3 Å². The number of hydrogen-bond acceptors (Lipinski definition) is 2. The zero-order chi connectivity index (χ0) is 13.1. The molecule has 2 rings (SSSR count). The summed E-state index contributed by atoms with van der Waals surface area (Å²) in [5.41, 5.74) is 7.37. The van der Waals surface area contributed by atoms with E-state index in [1.165, 1.54) is 5.56 Å². The zero-order valence-electron chi connectivity index (χ0n) is 10.7. The maximum Gasteiger partial charge on any atom is 0.108 e. The van der Waals surface area contributed by atoms with Crippen LogP contribution >= 0.6 is 15.9 Å². The summed E-state index contributed by atoms with van der Waals surface area (Å²) in [5, 5.41) is 0. The molecule has 1 aromatic heterocycles. The van der Waals surface area contributed by atoms with Crippen LogP contribution in [0.4, 0.5) is 0 Å². The average Bonchev–Trinajstić information content (AvgIpc) is 2.77. The molecule has 0 saturated heterocycles. The number of halogens is 1. The fourth-order valence-electron chi connectivity index (χ4n) is 2.28. The van der Waals surface area contributed by atoms with Gasteiger partial charge in [0.2, 0.25) is 0 Å². The third-order valence-corrected chi connectivity index (χ3v) is 3.55. The number of rotatable bonds is 4. The number of nitrogens with zero attached hydrogens (tertiary/aromatic N) is 2. The zero-order valence-corrected chi connectivity index (χ0v) is 12.3. The van der Waals surface area contributed by atoms with Gasteiger partial charge in [-0.25, -0.2) is 4.98 Å². The molecule has 2 aromatic rings. The summed E-state index contributed by atoms with van der Waals surface area (Å²) in [5.74, 6) is 1.07. The minimum atomic E-state index is 0.0267. The van der Waals surface area contributed by atoms with Crippen molar-refractivity contribution in [3.05, 3.63) is 52.5 Å². The number of benzene rings is 1. The molecule has 0 aliphatic heterocycles. The molecule has 2 unspecified atom stereocenters. The van der Waals surface area contributed by atoms with Crippen LogP contribution in [-0.4, -0.2) is 15.6 Å². The van der Waals surface area contributed by atoms with Gasteiger partial charge in [0.25, 0.3) is 0 Å². The van der Waals surface area contributed by atoms with E-state index in [4.69, 9.17) is 5.73 Å². The lowest BCUT2D eigenvalue weighted by Gasteiger charge is -2.25. The number of hydrogen-bond donors (Lipinski definition) is 1. The van der Waals surface area contributed by atoms with Gasteiger partial charge < -0.3 is 10.3 Å². The Balaban J connectivity index is 2.47. The van der Waals surface area contributed by atoms with Crippen LogP contribution in [0, 0.1) is 0 Å². The Hall–Kier alpha value is -1.13. The molecule has 2 atom stereocenters. The van der Waals surface area contributed by atoms with E-state index in [1.54, 1.807) is 0 Å². The fraction of sp³-hybridized carbons (Fsp3) is 0.357. The molecular formula is C14H18BrN3. The monoisotopic (exact) mass is 307 g/mol. The van der Waals surface area contributed by atoms with Crippen LogP contribution < -0.4 is 5.73 Å². The van der Waals surface area contributed by atoms with Gasteiger partial charge in [0.1, 0.15) is 5.82 Å². The quantitative estimate of drug-likeness (QED) is 0.943. The van der Waals surface area contributed by atoms with E-state index in [0.29, 0.717) is 0 Å². The molecule has 96 valence electrons. The van der Waals surface area contributed by atoms with Crippen LogP contribution in [0.2, 0.25) is 0 Å². The minimum absolute atomic E-state index is 0.0267. The van der Waals surface area contributed by atoms with Crippen molar-refractivity contribution in [3.63, 3.8) is 0 Å². The van der Waals surface area contributed by atoms with E-state index in [2.05, 4.69) is 44.5 Å². The highest BCUT2D eigenvalue weighted by Gasteiger charge is 2.20. The molecule has 18 heavy (non-hydrogen) atoms. The van der Waals surface area contributed by atoms with E-state index >= 15 is 0 Å². The molecule has 1 aromatic carbocycles. The van der Waals surface area contributed by atoms with Crippen LogP contribution in [-0.2, 0) is 6.42 Å². The standard InChI is InChI=1S/C14H18BrN3/c1-3-13-17-7-8-18(13)14(10(2)16)11-5-4-6-12(15)9-11/h4-10,14H,3,16H2,1-2H3. The van der Waals surface area contributed by atoms with Gasteiger partial charge in [-0.3, -0.25) is 0 Å². The topological polar surface area (TPSA) is 43.8 Å². The van der Waals surface area contributed by atoms with Crippen molar-refractivity contribution in [2.75, 3.05) is 0 Å². The van der Waals surface area contributed by atoms with Gasteiger partial charge in [-0.15, -0.1) is 0 Å². The van der Waals surface area contributed by atoms with Crippen molar-refractivity contribution in [3.8, 4) is 0 Å². The van der Waals surface area contributed by atoms with Crippen LogP contribution in [0.25, 0.3) is 0 Å². The first-order valence-electron chi connectivity index (χ1n) is 6.16. The molecule has 0 amide bonds. The maximum absolute atomic E-state index is 6.17. The van der Waals surface area contributed by atoms with Gasteiger partial charge in [0.05, 0.1) is 6.04 Å². The number of imidazole rings is 1. The Morgan fingerprint density at radius 2 is 2.22 bits per heavy atom. The van der Waals surface area contributed by atoms with Gasteiger partial charge in [-0.1, -0.05) is 35.0 Å². The van der Waals surface area contributed by atoms with E-state index in [-0.39, 0.29) is 12.1 Å². The van der Waals surface area contributed by atoms with Crippen LogP contribution in [0.5, 0.6) is 0 Å². The second-order valence-corrected chi connectivity index (χ2v) is 5.38. The Bertz CT molecular complexity index is 519. The highest BCUT2D eigenvalue weighted by molar-refractivity contribution is 9.10. The molecule has 0 aliphatic rings. The third-order valence-electron chi connectivity index (χ3n) is 3.05. The lowest BCUT2D eigenvalue weighted by Crippen LogP contribution is -2.31. The SMILES string of the molecule is CCc1nccn1C(c1cccc(Br)c1)C(C)N. The minimum Gasteiger partial charge on any atom is -0.326 e. The van der Waals surface area contributed by atoms with Crippen LogP contribution in [0.3, 0.4) is 0 Å². The Kier molecular flexibility index (Phi) is 4.19. The summed E-state index contributed by atoms with van der Waals surface area (Å²) in [6.45, 7) is 4.14. The average molecular weight is 308 g/mol. The predicted molar refractivity (Wildman–Crippen MR) is 77.5 cm³/mol. The molecule has 0 bridgehead atoms. The molecule has 0 spiro atoms. The summed E-state index contributed by atoms with van der Waals surface area (Å²) in [4.78, 5) is 4.38. The van der Waals surface area contributed by atoms with E-state index in [1.807, 2.05) is 31.5 Å². The molecular weight excluding hydrogens is 290 g/mol. The van der Waals surface area contributed by atoms with Crippen LogP contribution in [0.1, 0.15) is 31.3 Å². The molecule has 4 heteroatoms. The van der Waals surface area contributed by atoms with Crippen molar-refractivity contribution in [1.29, 1.82) is 0 Å². The first kappa shape index (κ1) is 13.3. The first-order chi connectivity index (χ1) is 8.63. The normalized spacial score (nSPS) is 14.4. The number of aromatic nitrogens is 2. The summed E-state index contributed by atoms with van der Waals surface area (Å²) >= 11 is 3.51. The second kappa shape index (κ2) is 5.67. The van der Waals surface area contributed by atoms with Crippen molar-refractivity contribution in [1.82, 2.24) is 9.55 Å². The molecule has 0 aliphatic carbocycles. The molecule has 1 heterocycles. The summed E-state index contributed by atoms with van der Waals surface area (Å²) in [6.07, 6.45) is 4.75. The summed E-state index contributed by atoms with van der Waals surface area (Å²) < 4.78 is 3.25. The molecule has 0 radical (unpaired) electrons. The highest BCUT2D eigenvalue weighted by Crippen LogP contribution is 2.25. The van der Waals surface area contributed by atoms with Gasteiger partial charge in [-0.05, 0) is 24.6 Å². The Morgan fingerprint density at radius 3 is 2.83 bits per heavy atom. The van der Waals surface area contributed by atoms with E-state index in [0.717, 1.165) is 16.7 Å². The van der Waals surface area contributed by atoms with Crippen molar-refractivity contribution < 1.29 is 0 Å². The van der Waals surface area contributed by atoms with E-state index < -0.39 is 0 Å². The Labute approximate surface area is 116 Å². The summed E-state index contributed by atoms with van der Waals surface area (Å²) in [7, 11) is 0. The fourth-order valence-corrected chi connectivity index (χ4v) is 2.70. The van der Waals surface area contributed by atoms with Crippen LogP contribution in [0.15, 0.2) is 41.1 Å². The first-order valence-corrected chi connectivity index (χ1v) is 6.95. The predicted octanol–water partition coefficient (Wildman–Crippen LogP) is 3.14. The summed E-state index contributed by atoms with van der Waals surface area (Å²) in [6, 6.07) is 8.44. The molecule has 0 fully saturated rings. The molecule has 2 N–H and O–H groups in total. The van der Waals surface area contributed by atoms with Gasteiger partial charge in [0.15, 0.2) is 0 Å². The molecule has 3 nitrogen and oxygen atoms in total. The lowest BCUT2D eigenvalue weighted by molar-refractivity contribution is 0.481. The number of aryl methyl sites for hydroxylation is 1. The largest absolute Gasteiger partial charge is 0.326 e. The van der Waals surface area contributed by atoms with Crippen molar-refractivity contribution in [2.24, 2.45) is 5.73 Å². The second-order valence-electron chi connectivity index (χ2n) is 4.46. The van der Waals surface area contributed by atoms with E-state index in [9.17, 15) is 0 Å². The van der Waals surface area contributed by atoms with Crippen molar-refractivity contribution >= 4 is 15.9 Å². The lowest BCUT2D eigenvalue weighted by atomic mass is 10.0. The Morgan fingerprint density at radius 1 is 1.44 bits per heavy atom. The van der Waals surface area contributed by atoms with Crippen molar-refractivity contribution in [2.45, 2.75) is 32.4 Å². The molecule has 0 saturated carbocycles. The van der Waals surface area contributed by atoms with Gasteiger partial charge >= 0.3 is 0 Å².